The summed E-state index contributed by atoms with van der Waals surface area (Å²) in [4.78, 5) is 11.4. The van der Waals surface area contributed by atoms with Crippen LogP contribution in [0.25, 0.3) is 0 Å². The number of rotatable bonds is 3. The maximum Gasteiger partial charge on any atom is 0.410 e. The molecule has 0 saturated carbocycles. The lowest BCUT2D eigenvalue weighted by molar-refractivity contribution is -0.106. The molecule has 4 nitrogen and oxygen atoms in total. The Morgan fingerprint density at radius 1 is 1.26 bits per heavy atom. The number of benzene rings is 1. The summed E-state index contributed by atoms with van der Waals surface area (Å²) >= 11 is 0. The second kappa shape index (κ2) is 4.23. The summed E-state index contributed by atoms with van der Waals surface area (Å²) in [7, 11) is 0. The number of ether oxygens (including phenoxy) is 1. The van der Waals surface area contributed by atoms with E-state index in [1.807, 2.05) is 30.3 Å². The van der Waals surface area contributed by atoms with Gasteiger partial charge in [-0.15, -0.1) is 0 Å². The molecule has 1 aromatic rings. The molecule has 1 fully saturated rings. The van der Waals surface area contributed by atoms with E-state index in [4.69, 9.17) is 4.74 Å². The van der Waals surface area contributed by atoms with Crippen molar-refractivity contribution in [2.24, 2.45) is 0 Å². The molecule has 19 heavy (non-hydrogen) atoms. The van der Waals surface area contributed by atoms with Gasteiger partial charge in [-0.1, -0.05) is 44.2 Å². The molecule has 0 bridgehead atoms. The van der Waals surface area contributed by atoms with Crippen LogP contribution in [0.15, 0.2) is 30.3 Å². The van der Waals surface area contributed by atoms with Gasteiger partial charge >= 0.3 is 6.09 Å². The Morgan fingerprint density at radius 3 is 2.32 bits per heavy atom. The summed E-state index contributed by atoms with van der Waals surface area (Å²) in [6, 6.07) is 10.0. The molecule has 1 aliphatic rings. The van der Waals surface area contributed by atoms with Crippen LogP contribution in [0.4, 0.5) is 4.79 Å². The highest BCUT2D eigenvalue weighted by molar-refractivity contribution is 5.71. The standard InChI is InChI=1S/C15H21NO3/c1-13(2,11-8-6-5-7-9-11)10-14(3)15(4,18)16-12(17)19-14/h5-9,18H,10H2,1-4H3,(H,16,17)/t14-,15-/m0/s1. The van der Waals surface area contributed by atoms with Crippen LogP contribution in [-0.4, -0.2) is 22.5 Å². The Morgan fingerprint density at radius 2 is 1.84 bits per heavy atom. The predicted octanol–water partition coefficient (Wildman–Crippen LogP) is 2.56. The molecule has 0 unspecified atom stereocenters. The van der Waals surface area contributed by atoms with E-state index in [9.17, 15) is 9.90 Å². The zero-order valence-electron chi connectivity index (χ0n) is 11.9. The summed E-state index contributed by atoms with van der Waals surface area (Å²) in [6.45, 7) is 7.49. The second-order valence-corrected chi connectivity index (χ2v) is 6.24. The number of alkyl carbamates (subject to hydrolysis) is 1. The maximum atomic E-state index is 11.4. The number of aliphatic hydroxyl groups is 1. The zero-order chi connectivity index (χ0) is 14.3. The molecule has 0 aliphatic carbocycles. The molecule has 0 radical (unpaired) electrons. The van der Waals surface area contributed by atoms with Crippen molar-refractivity contribution in [1.29, 1.82) is 0 Å². The van der Waals surface area contributed by atoms with Crippen molar-refractivity contribution in [2.75, 3.05) is 0 Å². The molecule has 0 aromatic heterocycles. The SMILES string of the molecule is CC(C)(C[C@]1(C)OC(=O)N[C@@]1(C)O)c1ccccc1. The van der Waals surface area contributed by atoms with Crippen molar-refractivity contribution in [3.63, 3.8) is 0 Å². The van der Waals surface area contributed by atoms with Gasteiger partial charge in [0.2, 0.25) is 0 Å². The van der Waals surface area contributed by atoms with E-state index in [1.165, 1.54) is 0 Å². The highest BCUT2D eigenvalue weighted by Gasteiger charge is 2.55. The van der Waals surface area contributed by atoms with E-state index >= 15 is 0 Å². The number of carbonyl (C=O) groups excluding carboxylic acids is 1. The normalized spacial score (nSPS) is 30.9. The first-order valence-electron chi connectivity index (χ1n) is 6.45. The molecule has 104 valence electrons. The van der Waals surface area contributed by atoms with Crippen LogP contribution in [0.1, 0.15) is 39.7 Å². The van der Waals surface area contributed by atoms with Crippen LogP contribution >= 0.6 is 0 Å². The third-order valence-electron chi connectivity index (χ3n) is 4.03. The Bertz CT molecular complexity index is 481. The molecule has 4 heteroatoms. The molecule has 1 heterocycles. The number of nitrogens with one attached hydrogen (secondary N) is 1. The van der Waals surface area contributed by atoms with E-state index in [1.54, 1.807) is 13.8 Å². The first kappa shape index (κ1) is 13.9. The third kappa shape index (κ3) is 2.45. The van der Waals surface area contributed by atoms with E-state index in [2.05, 4.69) is 19.2 Å². The molecule has 2 atom stereocenters. The Kier molecular flexibility index (Phi) is 3.09. The number of hydrogen-bond acceptors (Lipinski definition) is 3. The maximum absolute atomic E-state index is 11.4. The van der Waals surface area contributed by atoms with Gasteiger partial charge in [0.15, 0.2) is 11.3 Å². The number of amides is 1. The van der Waals surface area contributed by atoms with E-state index < -0.39 is 17.4 Å². The highest BCUT2D eigenvalue weighted by atomic mass is 16.6. The van der Waals surface area contributed by atoms with Gasteiger partial charge in [0.05, 0.1) is 0 Å². The van der Waals surface area contributed by atoms with E-state index in [0.717, 1.165) is 5.56 Å². The summed E-state index contributed by atoms with van der Waals surface area (Å²) in [5.41, 5.74) is -1.39. The molecule has 1 aromatic carbocycles. The summed E-state index contributed by atoms with van der Waals surface area (Å²) in [5.74, 6) is 0. The van der Waals surface area contributed by atoms with Crippen molar-refractivity contribution in [2.45, 2.75) is 50.9 Å². The molecule has 1 aliphatic heterocycles. The first-order valence-corrected chi connectivity index (χ1v) is 6.45. The molecular weight excluding hydrogens is 242 g/mol. The summed E-state index contributed by atoms with van der Waals surface area (Å²) in [6.07, 6.45) is -0.0492. The molecule has 0 spiro atoms. The summed E-state index contributed by atoms with van der Waals surface area (Å²) < 4.78 is 5.32. The van der Waals surface area contributed by atoms with Crippen molar-refractivity contribution in [3.05, 3.63) is 35.9 Å². The predicted molar refractivity (Wildman–Crippen MR) is 72.7 cm³/mol. The Balaban J connectivity index is 2.27. The average Bonchev–Trinajstić information content (AvgIpc) is 2.47. The minimum Gasteiger partial charge on any atom is -0.438 e. The smallest absolute Gasteiger partial charge is 0.410 e. The van der Waals surface area contributed by atoms with Crippen LogP contribution in [0, 0.1) is 0 Å². The van der Waals surface area contributed by atoms with Gasteiger partial charge in [0.1, 0.15) is 0 Å². The monoisotopic (exact) mass is 263 g/mol. The topological polar surface area (TPSA) is 58.6 Å². The average molecular weight is 263 g/mol. The first-order chi connectivity index (χ1) is 8.66. The van der Waals surface area contributed by atoms with E-state index in [-0.39, 0.29) is 5.41 Å². The molecule has 1 saturated heterocycles. The highest BCUT2D eigenvalue weighted by Crippen LogP contribution is 2.41. The fourth-order valence-corrected chi connectivity index (χ4v) is 2.70. The Hall–Kier alpha value is -1.55. The van der Waals surface area contributed by atoms with Crippen LogP contribution < -0.4 is 5.32 Å². The molecular formula is C15H21NO3. The van der Waals surface area contributed by atoms with Gasteiger partial charge in [0.25, 0.3) is 0 Å². The van der Waals surface area contributed by atoms with Gasteiger partial charge in [0, 0.05) is 6.42 Å². The minimum absolute atomic E-state index is 0.216. The van der Waals surface area contributed by atoms with Gasteiger partial charge in [-0.2, -0.15) is 0 Å². The van der Waals surface area contributed by atoms with Crippen LogP contribution in [0.2, 0.25) is 0 Å². The van der Waals surface area contributed by atoms with Gasteiger partial charge in [-0.05, 0) is 24.8 Å². The number of cyclic esters (lactones) is 1. The van der Waals surface area contributed by atoms with Crippen molar-refractivity contribution >= 4 is 6.09 Å². The van der Waals surface area contributed by atoms with Crippen LogP contribution in [0.5, 0.6) is 0 Å². The largest absolute Gasteiger partial charge is 0.438 e. The minimum atomic E-state index is -1.36. The fraction of sp³-hybridized carbons (Fsp3) is 0.533. The molecule has 2 N–H and O–H groups in total. The lowest BCUT2D eigenvalue weighted by atomic mass is 9.73. The number of hydrogen-bond donors (Lipinski definition) is 2. The van der Waals surface area contributed by atoms with Crippen LogP contribution in [-0.2, 0) is 10.2 Å². The zero-order valence-corrected chi connectivity index (χ0v) is 11.9. The summed E-state index contributed by atoms with van der Waals surface area (Å²) in [5, 5.41) is 12.8. The lowest BCUT2D eigenvalue weighted by Crippen LogP contribution is -2.55. The van der Waals surface area contributed by atoms with Crippen molar-refractivity contribution in [3.8, 4) is 0 Å². The fourth-order valence-electron chi connectivity index (χ4n) is 2.70. The molecule has 1 amide bonds. The second-order valence-electron chi connectivity index (χ2n) is 6.24. The van der Waals surface area contributed by atoms with Gasteiger partial charge in [-0.3, -0.25) is 5.32 Å². The van der Waals surface area contributed by atoms with Crippen molar-refractivity contribution in [1.82, 2.24) is 5.32 Å². The molecule has 2 rings (SSSR count). The van der Waals surface area contributed by atoms with Gasteiger partial charge < -0.3 is 9.84 Å². The van der Waals surface area contributed by atoms with E-state index in [0.29, 0.717) is 6.42 Å². The van der Waals surface area contributed by atoms with Gasteiger partial charge in [-0.25, -0.2) is 4.79 Å². The van der Waals surface area contributed by atoms with Crippen LogP contribution in [0.3, 0.4) is 0 Å². The number of carbonyl (C=O) groups is 1. The quantitative estimate of drug-likeness (QED) is 0.881. The Labute approximate surface area is 113 Å². The van der Waals surface area contributed by atoms with Crippen molar-refractivity contribution < 1.29 is 14.6 Å². The third-order valence-corrected chi connectivity index (χ3v) is 4.03. The lowest BCUT2D eigenvalue weighted by Gasteiger charge is -2.39.